The fourth-order valence-electron chi connectivity index (χ4n) is 1.74. The van der Waals surface area contributed by atoms with E-state index in [1.807, 2.05) is 30.3 Å². The van der Waals surface area contributed by atoms with Crippen LogP contribution in [0.3, 0.4) is 0 Å². The van der Waals surface area contributed by atoms with E-state index in [9.17, 15) is 0 Å². The molecule has 0 spiro atoms. The molecule has 4 nitrogen and oxygen atoms in total. The van der Waals surface area contributed by atoms with Gasteiger partial charge in [0.25, 0.3) is 0 Å². The third kappa shape index (κ3) is 4.05. The maximum Gasteiger partial charge on any atom is 0.121 e. The Morgan fingerprint density at radius 3 is 2.60 bits per heavy atom. The Balaban J connectivity index is 2.02. The lowest BCUT2D eigenvalue weighted by Gasteiger charge is -2.12. The maximum atomic E-state index is 8.75. The third-order valence-electron chi connectivity index (χ3n) is 2.78. The summed E-state index contributed by atoms with van der Waals surface area (Å²) in [5.74, 6) is 0.673. The van der Waals surface area contributed by atoms with Crippen molar-refractivity contribution in [2.24, 2.45) is 0 Å². The van der Waals surface area contributed by atoms with Gasteiger partial charge in [0.15, 0.2) is 0 Å². The largest absolute Gasteiger partial charge is 0.491 e. The summed E-state index contributed by atoms with van der Waals surface area (Å²) >= 11 is 5.85. The number of benzene rings is 2. The van der Waals surface area contributed by atoms with Crippen LogP contribution in [0, 0.1) is 0 Å². The molecule has 0 fully saturated rings. The highest BCUT2D eigenvalue weighted by molar-refractivity contribution is 6.30. The summed E-state index contributed by atoms with van der Waals surface area (Å²) in [6.45, 7) is 0.892. The highest BCUT2D eigenvalue weighted by Gasteiger charge is 2.02. The first kappa shape index (κ1) is 14.5. The molecule has 0 aromatic heterocycles. The number of hydrogen-bond acceptors (Lipinski definition) is 4. The Morgan fingerprint density at radius 1 is 1.15 bits per heavy atom. The van der Waals surface area contributed by atoms with Gasteiger partial charge >= 0.3 is 0 Å². The number of hydrogen-bond donors (Lipinski definition) is 3. The molecule has 0 aliphatic heterocycles. The van der Waals surface area contributed by atoms with Gasteiger partial charge in [-0.05, 0) is 29.8 Å². The molecule has 0 aliphatic rings. The molecule has 0 heterocycles. The minimum absolute atomic E-state index is 0.0160. The van der Waals surface area contributed by atoms with Crippen molar-refractivity contribution in [1.82, 2.24) is 0 Å². The molecule has 0 unspecified atom stereocenters. The molecular formula is C15H17ClN2O2. The van der Waals surface area contributed by atoms with Crippen molar-refractivity contribution >= 4 is 23.0 Å². The second kappa shape index (κ2) is 7.03. The van der Waals surface area contributed by atoms with Crippen molar-refractivity contribution in [3.8, 4) is 5.75 Å². The highest BCUT2D eigenvalue weighted by Crippen LogP contribution is 2.25. The Hall–Kier alpha value is -1.91. The molecule has 0 radical (unpaired) electrons. The number of anilines is 2. The van der Waals surface area contributed by atoms with E-state index in [0.29, 0.717) is 23.0 Å². The fraction of sp³-hybridized carbons (Fsp3) is 0.200. The Labute approximate surface area is 123 Å². The van der Waals surface area contributed by atoms with E-state index >= 15 is 0 Å². The van der Waals surface area contributed by atoms with Crippen LogP contribution in [0.1, 0.15) is 5.56 Å². The molecule has 4 N–H and O–H groups in total. The van der Waals surface area contributed by atoms with Gasteiger partial charge in [-0.25, -0.2) is 0 Å². The van der Waals surface area contributed by atoms with Gasteiger partial charge in [0.2, 0.25) is 0 Å². The molecule has 0 bridgehead atoms. The van der Waals surface area contributed by atoms with E-state index in [1.54, 1.807) is 12.1 Å². The number of rotatable bonds is 6. The van der Waals surface area contributed by atoms with Crippen molar-refractivity contribution < 1.29 is 9.84 Å². The van der Waals surface area contributed by atoms with Crippen LogP contribution in [-0.2, 0) is 6.54 Å². The Bertz CT molecular complexity index is 558. The summed E-state index contributed by atoms with van der Waals surface area (Å²) in [4.78, 5) is 0. The molecule has 2 aromatic carbocycles. The summed E-state index contributed by atoms with van der Waals surface area (Å²) in [5.41, 5.74) is 8.47. The van der Waals surface area contributed by atoms with Crippen LogP contribution < -0.4 is 15.8 Å². The van der Waals surface area contributed by atoms with E-state index in [-0.39, 0.29) is 13.2 Å². The molecule has 0 saturated carbocycles. The summed E-state index contributed by atoms with van der Waals surface area (Å²) in [7, 11) is 0. The minimum Gasteiger partial charge on any atom is -0.491 e. The van der Waals surface area contributed by atoms with E-state index in [2.05, 4.69) is 5.32 Å². The quantitative estimate of drug-likeness (QED) is 0.716. The standard InChI is InChI=1S/C15H17ClN2O2/c16-12-3-1-11(2-4-12)10-18-15-9-13(20-8-7-19)5-6-14(15)17/h1-6,9,18-19H,7-8,10,17H2. The van der Waals surface area contributed by atoms with Crippen LogP contribution in [0.25, 0.3) is 0 Å². The van der Waals surface area contributed by atoms with Gasteiger partial charge in [-0.2, -0.15) is 0 Å². The van der Waals surface area contributed by atoms with Gasteiger partial charge in [0.05, 0.1) is 18.0 Å². The van der Waals surface area contributed by atoms with Gasteiger partial charge < -0.3 is 20.9 Å². The molecule has 20 heavy (non-hydrogen) atoms. The molecule has 2 rings (SSSR count). The molecule has 2 aromatic rings. The Kier molecular flexibility index (Phi) is 5.09. The number of ether oxygens (including phenoxy) is 1. The number of nitrogen functional groups attached to an aromatic ring is 1. The maximum absolute atomic E-state index is 8.75. The molecule has 0 atom stereocenters. The lowest BCUT2D eigenvalue weighted by Crippen LogP contribution is -2.05. The van der Waals surface area contributed by atoms with Crippen LogP contribution in [0.4, 0.5) is 11.4 Å². The van der Waals surface area contributed by atoms with Crippen molar-refractivity contribution in [3.05, 3.63) is 53.1 Å². The molecule has 0 amide bonds. The van der Waals surface area contributed by atoms with Crippen molar-refractivity contribution in [3.63, 3.8) is 0 Å². The minimum atomic E-state index is -0.0160. The van der Waals surface area contributed by atoms with E-state index in [4.69, 9.17) is 27.2 Å². The molecule has 0 saturated heterocycles. The summed E-state index contributed by atoms with van der Waals surface area (Å²) in [5, 5.41) is 12.7. The number of halogens is 1. The van der Waals surface area contributed by atoms with Crippen LogP contribution in [-0.4, -0.2) is 18.3 Å². The zero-order valence-corrected chi connectivity index (χ0v) is 11.7. The zero-order valence-electron chi connectivity index (χ0n) is 11.0. The lowest BCUT2D eigenvalue weighted by atomic mass is 10.2. The van der Waals surface area contributed by atoms with Crippen LogP contribution in [0.15, 0.2) is 42.5 Å². The van der Waals surface area contributed by atoms with Crippen molar-refractivity contribution in [2.45, 2.75) is 6.54 Å². The second-order valence-electron chi connectivity index (χ2n) is 4.30. The van der Waals surface area contributed by atoms with E-state index < -0.39 is 0 Å². The molecule has 0 aliphatic carbocycles. The van der Waals surface area contributed by atoms with Crippen molar-refractivity contribution in [2.75, 3.05) is 24.3 Å². The van der Waals surface area contributed by atoms with Gasteiger partial charge in [0, 0.05) is 17.6 Å². The summed E-state index contributed by atoms with van der Waals surface area (Å²) < 4.78 is 5.36. The summed E-state index contributed by atoms with van der Waals surface area (Å²) in [6, 6.07) is 13.0. The first-order chi connectivity index (χ1) is 9.69. The highest BCUT2D eigenvalue weighted by atomic mass is 35.5. The molecule has 106 valence electrons. The number of nitrogens with two attached hydrogens (primary N) is 1. The lowest BCUT2D eigenvalue weighted by molar-refractivity contribution is 0.201. The van der Waals surface area contributed by atoms with Crippen molar-refractivity contribution in [1.29, 1.82) is 0 Å². The summed E-state index contributed by atoms with van der Waals surface area (Å²) in [6.07, 6.45) is 0. The van der Waals surface area contributed by atoms with E-state index in [0.717, 1.165) is 11.3 Å². The molecule has 5 heteroatoms. The smallest absolute Gasteiger partial charge is 0.121 e. The number of aliphatic hydroxyl groups excluding tert-OH is 1. The monoisotopic (exact) mass is 292 g/mol. The third-order valence-corrected chi connectivity index (χ3v) is 3.03. The van der Waals surface area contributed by atoms with E-state index in [1.165, 1.54) is 0 Å². The number of aliphatic hydroxyl groups is 1. The van der Waals surface area contributed by atoms with Crippen LogP contribution in [0.5, 0.6) is 5.75 Å². The average Bonchev–Trinajstić information content (AvgIpc) is 2.46. The van der Waals surface area contributed by atoms with Crippen LogP contribution in [0.2, 0.25) is 5.02 Å². The average molecular weight is 293 g/mol. The van der Waals surface area contributed by atoms with Gasteiger partial charge in [0.1, 0.15) is 12.4 Å². The van der Waals surface area contributed by atoms with Gasteiger partial charge in [-0.3, -0.25) is 0 Å². The SMILES string of the molecule is Nc1ccc(OCCO)cc1NCc1ccc(Cl)cc1. The topological polar surface area (TPSA) is 67.5 Å². The second-order valence-corrected chi connectivity index (χ2v) is 4.74. The zero-order chi connectivity index (χ0) is 14.4. The van der Waals surface area contributed by atoms with Crippen LogP contribution >= 0.6 is 11.6 Å². The fourth-order valence-corrected chi connectivity index (χ4v) is 1.87. The predicted molar refractivity (Wildman–Crippen MR) is 82.2 cm³/mol. The number of nitrogens with one attached hydrogen (secondary N) is 1. The molecular weight excluding hydrogens is 276 g/mol. The Morgan fingerprint density at radius 2 is 1.90 bits per heavy atom. The van der Waals surface area contributed by atoms with Gasteiger partial charge in [-0.15, -0.1) is 0 Å². The normalized spacial score (nSPS) is 10.3. The predicted octanol–water partition coefficient (Wildman–Crippen LogP) is 2.91. The van der Waals surface area contributed by atoms with Gasteiger partial charge in [-0.1, -0.05) is 23.7 Å². The first-order valence-electron chi connectivity index (χ1n) is 6.30. The first-order valence-corrected chi connectivity index (χ1v) is 6.68.